The molecule has 1 amide bonds. The number of benzene rings is 1. The lowest BCUT2D eigenvalue weighted by Crippen LogP contribution is -2.50. The summed E-state index contributed by atoms with van der Waals surface area (Å²) in [5.74, 6) is 2.03. The van der Waals surface area contributed by atoms with E-state index in [1.807, 2.05) is 0 Å². The van der Waals surface area contributed by atoms with Crippen molar-refractivity contribution in [3.05, 3.63) is 53.6 Å². The van der Waals surface area contributed by atoms with Crippen LogP contribution in [0.5, 0.6) is 5.75 Å². The van der Waals surface area contributed by atoms with E-state index in [2.05, 4.69) is 10.1 Å². The molecule has 2 aromatic heterocycles. The Kier molecular flexibility index (Phi) is 4.15. The van der Waals surface area contributed by atoms with Crippen LogP contribution in [-0.2, 0) is 4.79 Å². The number of aromatic nitrogens is 2. The minimum atomic E-state index is -0.0861. The largest absolute Gasteiger partial charge is 0.484 e. The van der Waals surface area contributed by atoms with Crippen LogP contribution in [-0.4, -0.2) is 40.6 Å². The molecule has 3 aromatic rings. The lowest BCUT2D eigenvalue weighted by Gasteiger charge is -2.36. The Bertz CT molecular complexity index is 854. The van der Waals surface area contributed by atoms with Gasteiger partial charge >= 0.3 is 0 Å². The molecular formula is C17H14ClN3O4. The Hall–Kier alpha value is -2.80. The lowest BCUT2D eigenvalue weighted by atomic mass is 10.0. The van der Waals surface area contributed by atoms with Crippen LogP contribution in [0.4, 0.5) is 0 Å². The van der Waals surface area contributed by atoms with Gasteiger partial charge in [-0.15, -0.1) is 0 Å². The molecule has 3 heterocycles. The average Bonchev–Trinajstić information content (AvgIpc) is 3.24. The molecule has 1 fully saturated rings. The average molecular weight is 360 g/mol. The number of ether oxygens (including phenoxy) is 1. The van der Waals surface area contributed by atoms with Crippen LogP contribution in [0.15, 0.2) is 51.6 Å². The Morgan fingerprint density at radius 3 is 2.80 bits per heavy atom. The highest BCUT2D eigenvalue weighted by Gasteiger charge is 2.35. The van der Waals surface area contributed by atoms with E-state index in [4.69, 9.17) is 25.3 Å². The van der Waals surface area contributed by atoms with Crippen molar-refractivity contribution in [3.63, 3.8) is 0 Å². The van der Waals surface area contributed by atoms with Crippen molar-refractivity contribution >= 4 is 17.5 Å². The van der Waals surface area contributed by atoms with Crippen molar-refractivity contribution in [2.75, 3.05) is 19.7 Å². The van der Waals surface area contributed by atoms with Gasteiger partial charge in [-0.25, -0.2) is 0 Å². The van der Waals surface area contributed by atoms with Gasteiger partial charge in [0.1, 0.15) is 5.75 Å². The molecule has 0 aliphatic carbocycles. The molecule has 0 saturated carbocycles. The first kappa shape index (κ1) is 15.7. The number of nitrogens with zero attached hydrogens (tertiary/aromatic N) is 3. The molecule has 0 spiro atoms. The van der Waals surface area contributed by atoms with Crippen molar-refractivity contribution in [2.24, 2.45) is 0 Å². The smallest absolute Gasteiger partial charge is 0.260 e. The fourth-order valence-corrected chi connectivity index (χ4v) is 2.64. The molecule has 1 saturated heterocycles. The van der Waals surface area contributed by atoms with Crippen LogP contribution < -0.4 is 4.74 Å². The van der Waals surface area contributed by atoms with Gasteiger partial charge < -0.3 is 18.6 Å². The SMILES string of the molecule is O=C(COc1ccc(Cl)cc1)N1CC(c2nc(-c3ccco3)no2)C1. The van der Waals surface area contributed by atoms with E-state index in [-0.39, 0.29) is 18.4 Å². The van der Waals surface area contributed by atoms with Gasteiger partial charge in [0, 0.05) is 18.1 Å². The van der Waals surface area contributed by atoms with Crippen molar-refractivity contribution < 1.29 is 18.5 Å². The van der Waals surface area contributed by atoms with Gasteiger partial charge in [0.15, 0.2) is 12.4 Å². The van der Waals surface area contributed by atoms with E-state index in [9.17, 15) is 4.79 Å². The molecule has 0 radical (unpaired) electrons. The second-order valence-electron chi connectivity index (χ2n) is 5.67. The van der Waals surface area contributed by atoms with Crippen LogP contribution in [0.25, 0.3) is 11.6 Å². The predicted octanol–water partition coefficient (Wildman–Crippen LogP) is 2.99. The number of hydrogen-bond acceptors (Lipinski definition) is 6. The maximum Gasteiger partial charge on any atom is 0.260 e. The first-order valence-electron chi connectivity index (χ1n) is 7.72. The van der Waals surface area contributed by atoms with Crippen LogP contribution in [0.3, 0.4) is 0 Å². The predicted molar refractivity (Wildman–Crippen MR) is 88.3 cm³/mol. The maximum absolute atomic E-state index is 12.1. The quantitative estimate of drug-likeness (QED) is 0.696. The summed E-state index contributed by atoms with van der Waals surface area (Å²) in [5.41, 5.74) is 0. The summed E-state index contributed by atoms with van der Waals surface area (Å²) in [6, 6.07) is 10.4. The fourth-order valence-electron chi connectivity index (χ4n) is 2.51. The van der Waals surface area contributed by atoms with Gasteiger partial charge in [-0.2, -0.15) is 4.98 Å². The fraction of sp³-hybridized carbons (Fsp3) is 0.235. The number of rotatable bonds is 5. The van der Waals surface area contributed by atoms with Crippen molar-refractivity contribution in [3.8, 4) is 17.3 Å². The Labute approximate surface area is 148 Å². The summed E-state index contributed by atoms with van der Waals surface area (Å²) in [5, 5.41) is 4.52. The van der Waals surface area contributed by atoms with E-state index in [0.717, 1.165) is 0 Å². The van der Waals surface area contributed by atoms with Crippen molar-refractivity contribution in [1.82, 2.24) is 15.0 Å². The summed E-state index contributed by atoms with van der Waals surface area (Å²) in [7, 11) is 0. The standard InChI is InChI=1S/C17H14ClN3O4/c18-12-3-5-13(6-4-12)24-10-15(22)21-8-11(9-21)17-19-16(20-25-17)14-2-1-7-23-14/h1-7,11H,8-10H2. The van der Waals surface area contributed by atoms with Crippen LogP contribution in [0.2, 0.25) is 5.02 Å². The summed E-state index contributed by atoms with van der Waals surface area (Å²) >= 11 is 5.81. The summed E-state index contributed by atoms with van der Waals surface area (Å²) in [6.07, 6.45) is 1.55. The van der Waals surface area contributed by atoms with Crippen molar-refractivity contribution in [1.29, 1.82) is 0 Å². The summed E-state index contributed by atoms with van der Waals surface area (Å²) in [6.45, 7) is 1.04. The van der Waals surface area contributed by atoms with Crippen LogP contribution in [0, 0.1) is 0 Å². The highest BCUT2D eigenvalue weighted by atomic mass is 35.5. The molecule has 1 aliphatic rings. The summed E-state index contributed by atoms with van der Waals surface area (Å²) < 4.78 is 15.9. The highest BCUT2D eigenvalue weighted by Crippen LogP contribution is 2.28. The van der Waals surface area contributed by atoms with Gasteiger partial charge in [0.2, 0.25) is 11.7 Å². The minimum absolute atomic E-state index is 0.0180. The topological polar surface area (TPSA) is 81.6 Å². The number of halogens is 1. The maximum atomic E-state index is 12.1. The molecule has 1 aliphatic heterocycles. The molecule has 0 N–H and O–H groups in total. The zero-order valence-electron chi connectivity index (χ0n) is 13.1. The molecule has 7 nitrogen and oxygen atoms in total. The van der Waals surface area contributed by atoms with Crippen LogP contribution in [0.1, 0.15) is 11.8 Å². The third-order valence-corrected chi connectivity index (χ3v) is 4.19. The lowest BCUT2D eigenvalue weighted by molar-refractivity contribution is -0.138. The number of furan rings is 1. The van der Waals surface area contributed by atoms with E-state index >= 15 is 0 Å². The van der Waals surface area contributed by atoms with E-state index in [1.165, 1.54) is 0 Å². The van der Waals surface area contributed by atoms with Gasteiger partial charge in [-0.3, -0.25) is 4.79 Å². The molecule has 8 heteroatoms. The number of hydrogen-bond donors (Lipinski definition) is 0. The second-order valence-corrected chi connectivity index (χ2v) is 6.11. The zero-order chi connectivity index (χ0) is 17.2. The zero-order valence-corrected chi connectivity index (χ0v) is 13.8. The molecule has 25 heavy (non-hydrogen) atoms. The molecule has 0 bridgehead atoms. The summed E-state index contributed by atoms with van der Waals surface area (Å²) in [4.78, 5) is 18.1. The molecule has 1 aromatic carbocycles. The Morgan fingerprint density at radius 2 is 2.08 bits per heavy atom. The number of carbonyl (C=O) groups excluding carboxylic acids is 1. The molecule has 128 valence electrons. The number of amides is 1. The van der Waals surface area contributed by atoms with Gasteiger partial charge in [-0.1, -0.05) is 16.8 Å². The minimum Gasteiger partial charge on any atom is -0.484 e. The van der Waals surface area contributed by atoms with E-state index in [0.29, 0.717) is 41.3 Å². The molecular weight excluding hydrogens is 346 g/mol. The van der Waals surface area contributed by atoms with E-state index in [1.54, 1.807) is 47.6 Å². The first-order chi connectivity index (χ1) is 12.2. The highest BCUT2D eigenvalue weighted by molar-refractivity contribution is 6.30. The van der Waals surface area contributed by atoms with Crippen LogP contribution >= 0.6 is 11.6 Å². The number of likely N-dealkylation sites (tertiary alicyclic amines) is 1. The van der Waals surface area contributed by atoms with E-state index < -0.39 is 0 Å². The normalized spacial score (nSPS) is 14.4. The van der Waals surface area contributed by atoms with Gasteiger partial charge in [-0.05, 0) is 36.4 Å². The third-order valence-electron chi connectivity index (χ3n) is 3.94. The number of carbonyl (C=O) groups is 1. The molecule has 0 unspecified atom stereocenters. The monoisotopic (exact) mass is 359 g/mol. The first-order valence-corrected chi connectivity index (χ1v) is 8.10. The van der Waals surface area contributed by atoms with Gasteiger partial charge in [0.25, 0.3) is 5.91 Å². The Morgan fingerprint density at radius 1 is 1.28 bits per heavy atom. The Balaban J connectivity index is 1.28. The van der Waals surface area contributed by atoms with Gasteiger partial charge in [0.05, 0.1) is 12.2 Å². The molecule has 4 rings (SSSR count). The van der Waals surface area contributed by atoms with Crippen molar-refractivity contribution in [2.45, 2.75) is 5.92 Å². The molecule has 0 atom stereocenters. The second kappa shape index (κ2) is 6.60. The third kappa shape index (κ3) is 3.36.